The minimum absolute atomic E-state index is 0.491. The first-order valence-electron chi connectivity index (χ1n) is 7.35. The normalized spacial score (nSPS) is 10.6. The fourth-order valence-corrected chi connectivity index (χ4v) is 2.87. The Morgan fingerprint density at radius 1 is 1.00 bits per heavy atom. The summed E-state index contributed by atoms with van der Waals surface area (Å²) < 4.78 is 5.66. The standard InChI is InChI=1S/C17H18N4OS/c1-11-4-9-16(21-20-11)22-15-7-5-14(6-8-15)18-10-17-19-12(2)13(3)23-17/h4-9,18H,10H2,1-3H3. The third kappa shape index (κ3) is 4.04. The molecule has 0 atom stereocenters. The summed E-state index contributed by atoms with van der Waals surface area (Å²) in [6.07, 6.45) is 0. The van der Waals surface area contributed by atoms with Crippen LogP contribution in [0.5, 0.6) is 11.6 Å². The summed E-state index contributed by atoms with van der Waals surface area (Å²) in [5.74, 6) is 1.22. The van der Waals surface area contributed by atoms with Crippen LogP contribution in [0.25, 0.3) is 0 Å². The van der Waals surface area contributed by atoms with Crippen LogP contribution in [0.2, 0.25) is 0 Å². The molecule has 0 bridgehead atoms. The smallest absolute Gasteiger partial charge is 0.238 e. The summed E-state index contributed by atoms with van der Waals surface area (Å²) in [6, 6.07) is 11.4. The van der Waals surface area contributed by atoms with Gasteiger partial charge in [-0.2, -0.15) is 5.10 Å². The molecule has 0 radical (unpaired) electrons. The lowest BCUT2D eigenvalue weighted by atomic mass is 10.3. The molecule has 0 aliphatic carbocycles. The Labute approximate surface area is 139 Å². The quantitative estimate of drug-likeness (QED) is 0.759. The molecule has 3 aromatic rings. The summed E-state index contributed by atoms with van der Waals surface area (Å²) in [6.45, 7) is 6.75. The predicted molar refractivity (Wildman–Crippen MR) is 92.2 cm³/mol. The molecule has 0 amide bonds. The summed E-state index contributed by atoms with van der Waals surface area (Å²) in [5, 5.41) is 12.4. The van der Waals surface area contributed by atoms with E-state index < -0.39 is 0 Å². The highest BCUT2D eigenvalue weighted by Crippen LogP contribution is 2.22. The highest BCUT2D eigenvalue weighted by atomic mass is 32.1. The van der Waals surface area contributed by atoms with Crippen LogP contribution in [-0.2, 0) is 6.54 Å². The summed E-state index contributed by atoms with van der Waals surface area (Å²) in [7, 11) is 0. The first-order valence-corrected chi connectivity index (χ1v) is 8.17. The maximum atomic E-state index is 5.66. The van der Waals surface area contributed by atoms with Crippen molar-refractivity contribution in [3.8, 4) is 11.6 Å². The lowest BCUT2D eigenvalue weighted by Gasteiger charge is -2.07. The number of benzene rings is 1. The molecule has 2 heterocycles. The van der Waals surface area contributed by atoms with Crippen molar-refractivity contribution in [2.24, 2.45) is 0 Å². The zero-order chi connectivity index (χ0) is 16.2. The summed E-state index contributed by atoms with van der Waals surface area (Å²) in [4.78, 5) is 5.79. The number of aromatic nitrogens is 3. The molecule has 1 aromatic carbocycles. The second kappa shape index (κ2) is 6.75. The van der Waals surface area contributed by atoms with Crippen LogP contribution in [-0.4, -0.2) is 15.2 Å². The van der Waals surface area contributed by atoms with Gasteiger partial charge in [0.05, 0.1) is 17.9 Å². The van der Waals surface area contributed by atoms with Crippen LogP contribution in [0.1, 0.15) is 21.3 Å². The van der Waals surface area contributed by atoms with E-state index in [-0.39, 0.29) is 0 Å². The SMILES string of the molecule is Cc1ccc(Oc2ccc(NCc3nc(C)c(C)s3)cc2)nn1. The number of aryl methyl sites for hydroxylation is 3. The first-order chi connectivity index (χ1) is 11.1. The topological polar surface area (TPSA) is 59.9 Å². The van der Waals surface area contributed by atoms with E-state index in [4.69, 9.17) is 4.74 Å². The molecule has 0 unspecified atom stereocenters. The van der Waals surface area contributed by atoms with Gasteiger partial charge in [-0.25, -0.2) is 4.98 Å². The van der Waals surface area contributed by atoms with Gasteiger partial charge in [-0.15, -0.1) is 16.4 Å². The minimum atomic E-state index is 0.491. The van der Waals surface area contributed by atoms with E-state index >= 15 is 0 Å². The van der Waals surface area contributed by atoms with E-state index in [1.165, 1.54) is 4.88 Å². The Bertz CT molecular complexity index is 762. The van der Waals surface area contributed by atoms with Crippen molar-refractivity contribution in [1.29, 1.82) is 0 Å². The average molecular weight is 326 g/mol. The minimum Gasteiger partial charge on any atom is -0.438 e. The van der Waals surface area contributed by atoms with Crippen molar-refractivity contribution in [1.82, 2.24) is 15.2 Å². The van der Waals surface area contributed by atoms with E-state index in [1.54, 1.807) is 11.3 Å². The molecule has 118 valence electrons. The van der Waals surface area contributed by atoms with E-state index in [0.717, 1.165) is 34.4 Å². The van der Waals surface area contributed by atoms with Crippen LogP contribution >= 0.6 is 11.3 Å². The zero-order valence-corrected chi connectivity index (χ0v) is 14.1. The van der Waals surface area contributed by atoms with E-state index in [1.807, 2.05) is 50.2 Å². The molecule has 0 spiro atoms. The number of anilines is 1. The van der Waals surface area contributed by atoms with Gasteiger partial charge in [0.15, 0.2) is 0 Å². The molecule has 23 heavy (non-hydrogen) atoms. The lowest BCUT2D eigenvalue weighted by molar-refractivity contribution is 0.454. The molecule has 0 aliphatic heterocycles. The predicted octanol–water partition coefficient (Wildman–Crippen LogP) is 4.26. The van der Waals surface area contributed by atoms with E-state index in [0.29, 0.717) is 5.88 Å². The number of hydrogen-bond donors (Lipinski definition) is 1. The second-order valence-electron chi connectivity index (χ2n) is 5.24. The number of nitrogens with one attached hydrogen (secondary N) is 1. The van der Waals surface area contributed by atoms with Crippen molar-refractivity contribution < 1.29 is 4.74 Å². The summed E-state index contributed by atoms with van der Waals surface area (Å²) in [5.41, 5.74) is 3.00. The van der Waals surface area contributed by atoms with Gasteiger partial charge in [0.25, 0.3) is 0 Å². The third-order valence-electron chi connectivity index (χ3n) is 3.37. The van der Waals surface area contributed by atoms with Crippen molar-refractivity contribution in [2.75, 3.05) is 5.32 Å². The maximum Gasteiger partial charge on any atom is 0.238 e. The van der Waals surface area contributed by atoms with Gasteiger partial charge < -0.3 is 10.1 Å². The molecule has 1 N–H and O–H groups in total. The van der Waals surface area contributed by atoms with Crippen molar-refractivity contribution in [2.45, 2.75) is 27.3 Å². The largest absolute Gasteiger partial charge is 0.438 e. The fourth-order valence-electron chi connectivity index (χ4n) is 2.00. The Hall–Kier alpha value is -2.47. The van der Waals surface area contributed by atoms with Crippen LogP contribution in [0.15, 0.2) is 36.4 Å². The van der Waals surface area contributed by atoms with Crippen LogP contribution in [0.4, 0.5) is 5.69 Å². The fraction of sp³-hybridized carbons (Fsp3) is 0.235. The van der Waals surface area contributed by atoms with Gasteiger partial charge in [-0.3, -0.25) is 0 Å². The van der Waals surface area contributed by atoms with E-state index in [9.17, 15) is 0 Å². The molecule has 0 fully saturated rings. The second-order valence-corrected chi connectivity index (χ2v) is 6.53. The van der Waals surface area contributed by atoms with Gasteiger partial charge in [0.2, 0.25) is 5.88 Å². The summed E-state index contributed by atoms with van der Waals surface area (Å²) >= 11 is 1.73. The van der Waals surface area contributed by atoms with Gasteiger partial charge in [-0.05, 0) is 51.1 Å². The number of thiazole rings is 1. The molecular formula is C17H18N4OS. The zero-order valence-electron chi connectivity index (χ0n) is 13.3. The first kappa shape index (κ1) is 15.4. The average Bonchev–Trinajstić information content (AvgIpc) is 2.87. The molecule has 0 saturated carbocycles. The number of ether oxygens (including phenoxy) is 1. The Morgan fingerprint density at radius 2 is 1.78 bits per heavy atom. The van der Waals surface area contributed by atoms with Gasteiger partial charge in [0, 0.05) is 16.6 Å². The highest BCUT2D eigenvalue weighted by Gasteiger charge is 2.04. The van der Waals surface area contributed by atoms with Crippen LogP contribution in [0.3, 0.4) is 0 Å². The number of nitrogens with zero attached hydrogens (tertiary/aromatic N) is 3. The van der Waals surface area contributed by atoms with Gasteiger partial charge in [0.1, 0.15) is 10.8 Å². The Morgan fingerprint density at radius 3 is 2.39 bits per heavy atom. The Balaban J connectivity index is 1.59. The molecule has 5 nitrogen and oxygen atoms in total. The van der Waals surface area contributed by atoms with E-state index in [2.05, 4.69) is 27.4 Å². The highest BCUT2D eigenvalue weighted by molar-refractivity contribution is 7.11. The maximum absolute atomic E-state index is 5.66. The molecule has 0 saturated heterocycles. The number of rotatable bonds is 5. The van der Waals surface area contributed by atoms with Crippen LogP contribution < -0.4 is 10.1 Å². The molecule has 3 rings (SSSR count). The number of hydrogen-bond acceptors (Lipinski definition) is 6. The monoisotopic (exact) mass is 326 g/mol. The molecular weight excluding hydrogens is 308 g/mol. The van der Waals surface area contributed by atoms with Gasteiger partial charge >= 0.3 is 0 Å². The van der Waals surface area contributed by atoms with Crippen molar-refractivity contribution in [3.63, 3.8) is 0 Å². The van der Waals surface area contributed by atoms with Crippen molar-refractivity contribution >= 4 is 17.0 Å². The van der Waals surface area contributed by atoms with Crippen LogP contribution in [0, 0.1) is 20.8 Å². The molecule has 0 aliphatic rings. The third-order valence-corrected chi connectivity index (χ3v) is 4.44. The lowest BCUT2D eigenvalue weighted by Crippen LogP contribution is -1.99. The molecule has 2 aromatic heterocycles. The molecule has 6 heteroatoms. The van der Waals surface area contributed by atoms with Gasteiger partial charge in [-0.1, -0.05) is 0 Å². The Kier molecular flexibility index (Phi) is 4.52. The van der Waals surface area contributed by atoms with Crippen molar-refractivity contribution in [3.05, 3.63) is 57.7 Å².